The van der Waals surface area contributed by atoms with Crippen molar-refractivity contribution in [1.29, 1.82) is 0 Å². The van der Waals surface area contributed by atoms with Crippen LogP contribution in [0.2, 0.25) is 0 Å². The number of rotatable bonds is 3. The molecular weight excluding hydrogens is 200 g/mol. The van der Waals surface area contributed by atoms with E-state index in [0.717, 1.165) is 24.0 Å². The van der Waals surface area contributed by atoms with Gasteiger partial charge in [0.05, 0.1) is 0 Å². The molecule has 2 aliphatic carbocycles. The Morgan fingerprint density at radius 3 is 1.62 bits per heavy atom. The maximum absolute atomic E-state index is 11.2. The zero-order chi connectivity index (χ0) is 11.4. The van der Waals surface area contributed by atoms with Crippen LogP contribution in [0.4, 0.5) is 0 Å². The van der Waals surface area contributed by atoms with E-state index in [-0.39, 0.29) is 11.6 Å². The molecule has 0 saturated carbocycles. The second kappa shape index (κ2) is 4.88. The lowest BCUT2D eigenvalue weighted by atomic mass is 9.96. The van der Waals surface area contributed by atoms with Gasteiger partial charge in [0.15, 0.2) is 11.6 Å². The third-order valence-electron chi connectivity index (χ3n) is 2.70. The quantitative estimate of drug-likeness (QED) is 0.723. The smallest absolute Gasteiger partial charge is 0.159 e. The van der Waals surface area contributed by atoms with E-state index in [1.54, 1.807) is 12.2 Å². The highest BCUT2D eigenvalue weighted by Gasteiger charge is 2.07. The summed E-state index contributed by atoms with van der Waals surface area (Å²) in [4.78, 5) is 22.3. The Bertz CT molecular complexity index is 392. The van der Waals surface area contributed by atoms with Gasteiger partial charge in [-0.1, -0.05) is 24.3 Å². The van der Waals surface area contributed by atoms with Crippen molar-refractivity contribution >= 4 is 11.6 Å². The molecule has 0 aromatic carbocycles. The van der Waals surface area contributed by atoms with E-state index in [9.17, 15) is 9.59 Å². The van der Waals surface area contributed by atoms with E-state index in [0.29, 0.717) is 12.8 Å². The molecule has 2 nitrogen and oxygen atoms in total. The molecule has 0 atom stereocenters. The van der Waals surface area contributed by atoms with E-state index in [4.69, 9.17) is 0 Å². The minimum atomic E-state index is 0.168. The van der Waals surface area contributed by atoms with Crippen LogP contribution in [0.15, 0.2) is 47.6 Å². The average Bonchev–Trinajstić information content (AvgIpc) is 2.27. The first-order valence-corrected chi connectivity index (χ1v) is 5.54. The molecule has 0 amide bonds. The molecule has 16 heavy (non-hydrogen) atoms. The standard InChI is InChI=1S/C14H14O2/c15-13-5-1-3-11(9-13)7-8-12-4-2-6-14(16)10-12/h1-4,9-10H,5-8H2. The van der Waals surface area contributed by atoms with Crippen LogP contribution in [0.5, 0.6) is 0 Å². The highest BCUT2D eigenvalue weighted by Crippen LogP contribution is 2.19. The van der Waals surface area contributed by atoms with Gasteiger partial charge in [0.25, 0.3) is 0 Å². The van der Waals surface area contributed by atoms with Gasteiger partial charge in [0, 0.05) is 12.8 Å². The van der Waals surface area contributed by atoms with Crippen molar-refractivity contribution in [2.24, 2.45) is 0 Å². The molecule has 0 spiro atoms. The molecule has 0 fully saturated rings. The van der Waals surface area contributed by atoms with Gasteiger partial charge < -0.3 is 0 Å². The van der Waals surface area contributed by atoms with Gasteiger partial charge in [0.1, 0.15) is 0 Å². The number of hydrogen-bond donors (Lipinski definition) is 0. The first-order valence-electron chi connectivity index (χ1n) is 5.54. The number of ketones is 2. The molecular formula is C14H14O2. The summed E-state index contributed by atoms with van der Waals surface area (Å²) in [5, 5.41) is 0. The minimum absolute atomic E-state index is 0.168. The summed E-state index contributed by atoms with van der Waals surface area (Å²) in [6.45, 7) is 0. The van der Waals surface area contributed by atoms with E-state index in [1.165, 1.54) is 0 Å². The summed E-state index contributed by atoms with van der Waals surface area (Å²) in [6, 6.07) is 0. The van der Waals surface area contributed by atoms with Crippen LogP contribution in [0, 0.1) is 0 Å². The lowest BCUT2D eigenvalue weighted by Gasteiger charge is -2.08. The first-order chi connectivity index (χ1) is 7.74. The molecule has 2 aliphatic rings. The largest absolute Gasteiger partial charge is 0.295 e. The van der Waals surface area contributed by atoms with Crippen LogP contribution in [0.25, 0.3) is 0 Å². The van der Waals surface area contributed by atoms with Gasteiger partial charge in [-0.3, -0.25) is 9.59 Å². The second-order valence-electron chi connectivity index (χ2n) is 4.08. The van der Waals surface area contributed by atoms with Gasteiger partial charge in [-0.2, -0.15) is 0 Å². The normalized spacial score (nSPS) is 19.8. The van der Waals surface area contributed by atoms with Crippen LogP contribution < -0.4 is 0 Å². The van der Waals surface area contributed by atoms with Crippen molar-refractivity contribution in [3.63, 3.8) is 0 Å². The fourth-order valence-corrected chi connectivity index (χ4v) is 1.88. The zero-order valence-corrected chi connectivity index (χ0v) is 9.11. The van der Waals surface area contributed by atoms with Gasteiger partial charge >= 0.3 is 0 Å². The van der Waals surface area contributed by atoms with E-state index in [2.05, 4.69) is 0 Å². The Morgan fingerprint density at radius 1 is 0.812 bits per heavy atom. The van der Waals surface area contributed by atoms with E-state index in [1.807, 2.05) is 24.3 Å². The zero-order valence-electron chi connectivity index (χ0n) is 9.11. The van der Waals surface area contributed by atoms with E-state index >= 15 is 0 Å². The number of carbonyl (C=O) groups is 2. The fraction of sp³-hybridized carbons (Fsp3) is 0.286. The van der Waals surface area contributed by atoms with Gasteiger partial charge in [-0.25, -0.2) is 0 Å². The number of allylic oxidation sites excluding steroid dienone is 8. The predicted octanol–water partition coefficient (Wildman–Crippen LogP) is 2.68. The van der Waals surface area contributed by atoms with Crippen molar-refractivity contribution in [3.8, 4) is 0 Å². The molecule has 0 N–H and O–H groups in total. The Balaban J connectivity index is 1.93. The second-order valence-corrected chi connectivity index (χ2v) is 4.08. The van der Waals surface area contributed by atoms with Gasteiger partial charge in [-0.15, -0.1) is 0 Å². The minimum Gasteiger partial charge on any atom is -0.295 e. The maximum atomic E-state index is 11.2. The summed E-state index contributed by atoms with van der Waals surface area (Å²) < 4.78 is 0. The molecule has 2 rings (SSSR count). The number of carbonyl (C=O) groups excluding carboxylic acids is 2. The van der Waals surface area contributed by atoms with Crippen LogP contribution in [-0.2, 0) is 9.59 Å². The van der Waals surface area contributed by atoms with Crippen molar-refractivity contribution < 1.29 is 9.59 Å². The van der Waals surface area contributed by atoms with Crippen molar-refractivity contribution in [1.82, 2.24) is 0 Å². The highest BCUT2D eigenvalue weighted by molar-refractivity contribution is 5.93. The SMILES string of the molecule is O=C1C=C(CCC2=CC(=O)CC=C2)C=CC1. The molecule has 82 valence electrons. The van der Waals surface area contributed by atoms with Crippen molar-refractivity contribution in [3.05, 3.63) is 47.6 Å². The van der Waals surface area contributed by atoms with Crippen LogP contribution in [0.1, 0.15) is 25.7 Å². The molecule has 0 aromatic heterocycles. The molecule has 0 aromatic rings. The van der Waals surface area contributed by atoms with Gasteiger partial charge in [-0.05, 0) is 36.1 Å². The molecule has 0 unspecified atom stereocenters. The molecule has 0 bridgehead atoms. The van der Waals surface area contributed by atoms with Crippen molar-refractivity contribution in [2.45, 2.75) is 25.7 Å². The molecule has 0 radical (unpaired) electrons. The van der Waals surface area contributed by atoms with Crippen molar-refractivity contribution in [2.75, 3.05) is 0 Å². The highest BCUT2D eigenvalue weighted by atomic mass is 16.1. The van der Waals surface area contributed by atoms with Crippen LogP contribution in [-0.4, -0.2) is 11.6 Å². The topological polar surface area (TPSA) is 34.1 Å². The Labute approximate surface area is 95.0 Å². The van der Waals surface area contributed by atoms with Crippen LogP contribution in [0.3, 0.4) is 0 Å². The first kappa shape index (κ1) is 10.8. The van der Waals surface area contributed by atoms with Gasteiger partial charge in [0.2, 0.25) is 0 Å². The summed E-state index contributed by atoms with van der Waals surface area (Å²) in [5.41, 5.74) is 2.12. The third-order valence-corrected chi connectivity index (χ3v) is 2.70. The Morgan fingerprint density at radius 2 is 1.25 bits per heavy atom. The summed E-state index contributed by atoms with van der Waals surface area (Å²) >= 11 is 0. The molecule has 2 heteroatoms. The summed E-state index contributed by atoms with van der Waals surface area (Å²) in [6.07, 6.45) is 13.9. The Hall–Kier alpha value is -1.70. The Kier molecular flexibility index (Phi) is 3.30. The predicted molar refractivity (Wildman–Crippen MR) is 62.9 cm³/mol. The summed E-state index contributed by atoms with van der Waals surface area (Å²) in [7, 11) is 0. The lowest BCUT2D eigenvalue weighted by molar-refractivity contribution is -0.114. The summed E-state index contributed by atoms with van der Waals surface area (Å²) in [5.74, 6) is 0.337. The third kappa shape index (κ3) is 2.89. The lowest BCUT2D eigenvalue weighted by Crippen LogP contribution is -2.00. The maximum Gasteiger partial charge on any atom is 0.159 e. The van der Waals surface area contributed by atoms with E-state index < -0.39 is 0 Å². The molecule has 0 aliphatic heterocycles. The van der Waals surface area contributed by atoms with Crippen LogP contribution >= 0.6 is 0 Å². The number of hydrogen-bond acceptors (Lipinski definition) is 2. The fourth-order valence-electron chi connectivity index (χ4n) is 1.88. The molecule has 0 heterocycles. The monoisotopic (exact) mass is 214 g/mol. The average molecular weight is 214 g/mol. The molecule has 0 saturated heterocycles.